The Morgan fingerprint density at radius 2 is 1.85 bits per heavy atom. The maximum absolute atomic E-state index is 14.8. The number of nitrogens with two attached hydrogens (primary N) is 1. The molecule has 0 aliphatic heterocycles. The maximum atomic E-state index is 14.8. The molecule has 33 heavy (non-hydrogen) atoms. The van der Waals surface area contributed by atoms with E-state index >= 15 is 0 Å². The summed E-state index contributed by atoms with van der Waals surface area (Å²) in [6.07, 6.45) is -2.00. The molecular formula is C24H25F6NO2. The Hall–Kier alpha value is -2.81. The Bertz CT molecular complexity index is 1000. The lowest BCUT2D eigenvalue weighted by molar-refractivity contribution is -0.143. The zero-order valence-corrected chi connectivity index (χ0v) is 18.1. The number of rotatable bonds is 10. The summed E-state index contributed by atoms with van der Waals surface area (Å²) in [4.78, 5) is 11.7. The first-order valence-corrected chi connectivity index (χ1v) is 10.4. The number of hydrogen-bond donors (Lipinski definition) is 1. The van der Waals surface area contributed by atoms with Crippen molar-refractivity contribution in [1.29, 1.82) is 0 Å². The first-order chi connectivity index (χ1) is 15.5. The molecule has 2 N–H and O–H groups in total. The molecule has 2 rings (SSSR count). The molecule has 0 aliphatic rings. The van der Waals surface area contributed by atoms with Gasteiger partial charge in [-0.25, -0.2) is 13.2 Å². The summed E-state index contributed by atoms with van der Waals surface area (Å²) in [6.45, 7) is 5.13. The van der Waals surface area contributed by atoms with E-state index < -0.39 is 53.2 Å². The normalized spacial score (nSPS) is 12.5. The van der Waals surface area contributed by atoms with E-state index in [-0.39, 0.29) is 29.7 Å². The molecule has 2 aromatic rings. The highest BCUT2D eigenvalue weighted by Gasteiger charge is 2.37. The molecule has 9 heteroatoms. The van der Waals surface area contributed by atoms with E-state index in [2.05, 4.69) is 6.58 Å². The van der Waals surface area contributed by atoms with Crippen LogP contribution in [0.5, 0.6) is 0 Å². The molecule has 0 bridgehead atoms. The van der Waals surface area contributed by atoms with Crippen LogP contribution in [0, 0.1) is 17.5 Å². The van der Waals surface area contributed by atoms with Gasteiger partial charge in [-0.15, -0.1) is 6.58 Å². The molecule has 0 unspecified atom stereocenters. The minimum Gasteiger partial charge on any atom is -0.466 e. The van der Waals surface area contributed by atoms with Crippen molar-refractivity contribution in [2.24, 2.45) is 5.73 Å². The SMILES string of the molecule is C=CCCCCc1cc(F)cc(F)c1-c1cc([C@@H](N)CC(=O)OCC)c(F)c(C(F)(F)F)c1. The van der Waals surface area contributed by atoms with Crippen LogP contribution in [0.25, 0.3) is 11.1 Å². The van der Waals surface area contributed by atoms with Crippen LogP contribution in [-0.2, 0) is 22.1 Å². The second kappa shape index (κ2) is 11.4. The van der Waals surface area contributed by atoms with Gasteiger partial charge in [0, 0.05) is 23.2 Å². The fourth-order valence-corrected chi connectivity index (χ4v) is 3.53. The zero-order chi connectivity index (χ0) is 24.8. The van der Waals surface area contributed by atoms with E-state index in [1.807, 2.05) is 0 Å². The van der Waals surface area contributed by atoms with Crippen LogP contribution < -0.4 is 5.73 Å². The summed E-state index contributed by atoms with van der Waals surface area (Å²) in [6, 6.07) is 1.57. The van der Waals surface area contributed by atoms with Crippen LogP contribution in [0.2, 0.25) is 0 Å². The molecule has 0 saturated carbocycles. The first kappa shape index (κ1) is 26.4. The predicted octanol–water partition coefficient (Wildman–Crippen LogP) is 6.64. The van der Waals surface area contributed by atoms with Crippen LogP contribution in [-0.4, -0.2) is 12.6 Å². The lowest BCUT2D eigenvalue weighted by Crippen LogP contribution is -2.21. The third kappa shape index (κ3) is 6.83. The highest BCUT2D eigenvalue weighted by molar-refractivity contribution is 5.72. The Morgan fingerprint density at radius 1 is 1.15 bits per heavy atom. The van der Waals surface area contributed by atoms with Gasteiger partial charge in [-0.3, -0.25) is 4.79 Å². The van der Waals surface area contributed by atoms with Gasteiger partial charge in [0.05, 0.1) is 18.6 Å². The van der Waals surface area contributed by atoms with Gasteiger partial charge < -0.3 is 10.5 Å². The third-order valence-corrected chi connectivity index (χ3v) is 5.03. The number of aryl methyl sites for hydroxylation is 1. The number of alkyl halides is 3. The van der Waals surface area contributed by atoms with Crippen molar-refractivity contribution >= 4 is 5.97 Å². The summed E-state index contributed by atoms with van der Waals surface area (Å²) in [5.41, 5.74) is 3.11. The second-order valence-corrected chi connectivity index (χ2v) is 7.50. The quantitative estimate of drug-likeness (QED) is 0.182. The van der Waals surface area contributed by atoms with E-state index in [0.29, 0.717) is 31.4 Å². The van der Waals surface area contributed by atoms with Crippen molar-refractivity contribution in [3.05, 3.63) is 71.1 Å². The molecule has 1 atom stereocenters. The Kier molecular flexibility index (Phi) is 9.10. The van der Waals surface area contributed by atoms with Crippen LogP contribution in [0.1, 0.15) is 55.3 Å². The minimum absolute atomic E-state index is 0.0118. The number of ether oxygens (including phenoxy) is 1. The number of carbonyl (C=O) groups is 1. The van der Waals surface area contributed by atoms with Gasteiger partial charge in [0.25, 0.3) is 0 Å². The van der Waals surface area contributed by atoms with Gasteiger partial charge in [0.15, 0.2) is 0 Å². The van der Waals surface area contributed by atoms with E-state index in [9.17, 15) is 31.1 Å². The molecular weight excluding hydrogens is 448 g/mol. The van der Waals surface area contributed by atoms with Gasteiger partial charge in [-0.2, -0.15) is 13.2 Å². The molecule has 0 saturated heterocycles. The van der Waals surface area contributed by atoms with Crippen molar-refractivity contribution < 1.29 is 35.9 Å². The van der Waals surface area contributed by atoms with E-state index in [1.54, 1.807) is 6.08 Å². The van der Waals surface area contributed by atoms with Crippen LogP contribution >= 0.6 is 0 Å². The van der Waals surface area contributed by atoms with Crippen LogP contribution in [0.15, 0.2) is 36.9 Å². The van der Waals surface area contributed by atoms with Crippen molar-refractivity contribution in [2.45, 2.75) is 51.2 Å². The molecule has 3 nitrogen and oxygen atoms in total. The van der Waals surface area contributed by atoms with Gasteiger partial charge in [0.1, 0.15) is 17.5 Å². The molecule has 0 spiro atoms. The number of halogens is 6. The number of allylic oxidation sites excluding steroid dienone is 1. The van der Waals surface area contributed by atoms with E-state index in [0.717, 1.165) is 12.1 Å². The molecule has 0 radical (unpaired) electrons. The Labute approximate surface area is 188 Å². The Morgan fingerprint density at radius 3 is 2.45 bits per heavy atom. The molecule has 0 aliphatic carbocycles. The first-order valence-electron chi connectivity index (χ1n) is 10.4. The molecule has 0 amide bonds. The summed E-state index contributed by atoms with van der Waals surface area (Å²) in [7, 11) is 0. The number of carbonyl (C=O) groups excluding carboxylic acids is 1. The number of esters is 1. The van der Waals surface area contributed by atoms with E-state index in [1.165, 1.54) is 6.92 Å². The van der Waals surface area contributed by atoms with Gasteiger partial charge in [-0.1, -0.05) is 6.08 Å². The fourth-order valence-electron chi connectivity index (χ4n) is 3.53. The lowest BCUT2D eigenvalue weighted by Gasteiger charge is -2.20. The third-order valence-electron chi connectivity index (χ3n) is 5.03. The summed E-state index contributed by atoms with van der Waals surface area (Å²) in [5.74, 6) is -4.44. The van der Waals surface area contributed by atoms with Gasteiger partial charge >= 0.3 is 12.1 Å². The minimum atomic E-state index is -5.11. The molecule has 2 aromatic carbocycles. The summed E-state index contributed by atoms with van der Waals surface area (Å²) in [5, 5.41) is 0. The molecule has 0 fully saturated rings. The van der Waals surface area contributed by atoms with Gasteiger partial charge in [-0.05, 0) is 61.9 Å². The molecule has 180 valence electrons. The smallest absolute Gasteiger partial charge is 0.419 e. The van der Waals surface area contributed by atoms with Crippen molar-refractivity contribution in [1.82, 2.24) is 0 Å². The molecule has 0 aromatic heterocycles. The van der Waals surface area contributed by atoms with Crippen LogP contribution in [0.3, 0.4) is 0 Å². The topological polar surface area (TPSA) is 52.3 Å². The zero-order valence-electron chi connectivity index (χ0n) is 18.1. The summed E-state index contributed by atoms with van der Waals surface area (Å²) >= 11 is 0. The molecule has 0 heterocycles. The standard InChI is InChI=1S/C24H25F6NO2/c1-3-5-6-7-8-14-9-16(25)12-19(26)22(14)15-10-17(20(31)13-21(32)33-4-2)23(27)18(11-15)24(28,29)30/h3,9-12,20H,1,4-8,13,31H2,2H3/t20-/m0/s1. The van der Waals surface area contributed by atoms with Crippen LogP contribution in [0.4, 0.5) is 26.3 Å². The summed E-state index contributed by atoms with van der Waals surface area (Å²) < 4.78 is 89.0. The van der Waals surface area contributed by atoms with Crippen molar-refractivity contribution in [2.75, 3.05) is 6.61 Å². The number of hydrogen-bond acceptors (Lipinski definition) is 3. The number of benzene rings is 2. The predicted molar refractivity (Wildman–Crippen MR) is 113 cm³/mol. The highest BCUT2D eigenvalue weighted by Crippen LogP contribution is 2.39. The van der Waals surface area contributed by atoms with Crippen molar-refractivity contribution in [3.63, 3.8) is 0 Å². The Balaban J connectivity index is 2.64. The van der Waals surface area contributed by atoms with Crippen molar-refractivity contribution in [3.8, 4) is 11.1 Å². The largest absolute Gasteiger partial charge is 0.466 e. The fraction of sp³-hybridized carbons (Fsp3) is 0.375. The monoisotopic (exact) mass is 473 g/mol. The highest BCUT2D eigenvalue weighted by atomic mass is 19.4. The average Bonchev–Trinajstić information content (AvgIpc) is 2.70. The average molecular weight is 473 g/mol. The number of unbranched alkanes of at least 4 members (excludes halogenated alkanes) is 2. The lowest BCUT2D eigenvalue weighted by atomic mass is 9.90. The van der Waals surface area contributed by atoms with E-state index in [4.69, 9.17) is 10.5 Å². The van der Waals surface area contributed by atoms with Gasteiger partial charge in [0.2, 0.25) is 0 Å². The maximum Gasteiger partial charge on any atom is 0.419 e. The second-order valence-electron chi connectivity index (χ2n) is 7.50.